The van der Waals surface area contributed by atoms with Crippen molar-refractivity contribution in [2.45, 2.75) is 25.7 Å². The lowest BCUT2D eigenvalue weighted by molar-refractivity contribution is -0.119. The fourth-order valence-corrected chi connectivity index (χ4v) is 3.07. The zero-order chi connectivity index (χ0) is 18.5. The number of hydrogen-bond acceptors (Lipinski definition) is 4. The van der Waals surface area contributed by atoms with Crippen molar-refractivity contribution in [1.82, 2.24) is 0 Å². The Balaban J connectivity index is 0.00000261. The van der Waals surface area contributed by atoms with Crippen molar-refractivity contribution in [1.29, 1.82) is 0 Å². The van der Waals surface area contributed by atoms with Gasteiger partial charge in [-0.25, -0.2) is 0 Å². The summed E-state index contributed by atoms with van der Waals surface area (Å²) in [6.45, 7) is 0.665. The molecular weight excluding hydrogens is 366 g/mol. The quantitative estimate of drug-likeness (QED) is 0.767. The summed E-state index contributed by atoms with van der Waals surface area (Å²) in [7, 11) is 1.58. The van der Waals surface area contributed by atoms with Crippen LogP contribution in [0.4, 0.5) is 17.1 Å². The molecule has 3 N–H and O–H groups in total. The van der Waals surface area contributed by atoms with Crippen molar-refractivity contribution in [3.05, 3.63) is 48.0 Å². The number of halogens is 1. The molecule has 0 aromatic heterocycles. The molecule has 0 bridgehead atoms. The summed E-state index contributed by atoms with van der Waals surface area (Å²) in [6, 6.07) is 12.6. The van der Waals surface area contributed by atoms with E-state index in [0.29, 0.717) is 35.8 Å². The van der Waals surface area contributed by atoms with E-state index in [-0.39, 0.29) is 30.6 Å². The molecule has 3 rings (SSSR count). The van der Waals surface area contributed by atoms with Gasteiger partial charge in [-0.2, -0.15) is 0 Å². The smallest absolute Gasteiger partial charge is 0.228 e. The third kappa shape index (κ3) is 5.14. The van der Waals surface area contributed by atoms with Gasteiger partial charge in [0.25, 0.3) is 0 Å². The summed E-state index contributed by atoms with van der Waals surface area (Å²) >= 11 is 0. The number of nitrogen functional groups attached to an aromatic ring is 1. The number of nitrogens with one attached hydrogen (secondary N) is 1. The van der Waals surface area contributed by atoms with Crippen molar-refractivity contribution in [2.24, 2.45) is 0 Å². The predicted molar refractivity (Wildman–Crippen MR) is 110 cm³/mol. The van der Waals surface area contributed by atoms with E-state index in [1.807, 2.05) is 12.1 Å². The molecule has 1 fully saturated rings. The van der Waals surface area contributed by atoms with Crippen LogP contribution in [-0.4, -0.2) is 25.5 Å². The maximum Gasteiger partial charge on any atom is 0.228 e. The van der Waals surface area contributed by atoms with Crippen LogP contribution in [0.15, 0.2) is 42.5 Å². The highest BCUT2D eigenvalue weighted by Crippen LogP contribution is 2.33. The molecule has 7 heteroatoms. The monoisotopic (exact) mass is 389 g/mol. The summed E-state index contributed by atoms with van der Waals surface area (Å²) in [5, 5.41) is 2.89. The van der Waals surface area contributed by atoms with Gasteiger partial charge in [-0.05, 0) is 48.7 Å². The number of carbonyl (C=O) groups is 2. The Morgan fingerprint density at radius 3 is 2.59 bits per heavy atom. The third-order valence-electron chi connectivity index (χ3n) is 4.42. The Hall–Kier alpha value is -2.73. The van der Waals surface area contributed by atoms with E-state index in [4.69, 9.17) is 10.5 Å². The Bertz CT molecular complexity index is 809. The molecule has 0 aliphatic carbocycles. The first-order chi connectivity index (χ1) is 12.6. The zero-order valence-corrected chi connectivity index (χ0v) is 16.1. The number of anilines is 3. The van der Waals surface area contributed by atoms with Crippen molar-refractivity contribution in [2.75, 3.05) is 29.6 Å². The molecule has 144 valence electrons. The largest absolute Gasteiger partial charge is 0.495 e. The maximum atomic E-state index is 12.3. The molecule has 6 nitrogen and oxygen atoms in total. The number of carbonyl (C=O) groups excluding carboxylic acids is 2. The molecular formula is C20H24ClN3O3. The summed E-state index contributed by atoms with van der Waals surface area (Å²) in [4.78, 5) is 26.3. The van der Waals surface area contributed by atoms with Crippen molar-refractivity contribution < 1.29 is 14.3 Å². The number of piperidine rings is 1. The minimum Gasteiger partial charge on any atom is -0.495 e. The van der Waals surface area contributed by atoms with Crippen LogP contribution < -0.4 is 20.7 Å². The molecule has 2 aromatic rings. The van der Waals surface area contributed by atoms with Gasteiger partial charge in [0, 0.05) is 24.3 Å². The van der Waals surface area contributed by atoms with Crippen LogP contribution in [0.5, 0.6) is 5.75 Å². The van der Waals surface area contributed by atoms with Gasteiger partial charge in [0.15, 0.2) is 0 Å². The van der Waals surface area contributed by atoms with Gasteiger partial charge in [-0.1, -0.05) is 12.1 Å². The minimum absolute atomic E-state index is 0. The molecule has 0 saturated carbocycles. The molecule has 0 atom stereocenters. The standard InChI is InChI=1S/C20H23N3O3.ClH/c1-26-18-10-9-16(13-17(18)23-11-3-2-4-20(23)25)22-19(24)12-14-5-7-15(21)8-6-14;/h5-10,13H,2-4,11-12,21H2,1H3,(H,22,24);1H. The van der Waals surface area contributed by atoms with Crippen LogP contribution in [0.25, 0.3) is 0 Å². The molecule has 1 aliphatic rings. The lowest BCUT2D eigenvalue weighted by Gasteiger charge is -2.28. The highest BCUT2D eigenvalue weighted by Gasteiger charge is 2.23. The van der Waals surface area contributed by atoms with E-state index < -0.39 is 0 Å². The van der Waals surface area contributed by atoms with Crippen molar-refractivity contribution in [3.8, 4) is 5.75 Å². The lowest BCUT2D eigenvalue weighted by atomic mass is 10.1. The normalized spacial score (nSPS) is 13.7. The van der Waals surface area contributed by atoms with Gasteiger partial charge in [-0.3, -0.25) is 9.59 Å². The van der Waals surface area contributed by atoms with Crippen LogP contribution in [0, 0.1) is 0 Å². The number of benzene rings is 2. The molecule has 2 amide bonds. The van der Waals surface area contributed by atoms with Crippen LogP contribution in [0.3, 0.4) is 0 Å². The van der Waals surface area contributed by atoms with Crippen LogP contribution in [0.1, 0.15) is 24.8 Å². The summed E-state index contributed by atoms with van der Waals surface area (Å²) < 4.78 is 5.40. The number of amides is 2. The maximum absolute atomic E-state index is 12.3. The molecule has 1 heterocycles. The Morgan fingerprint density at radius 2 is 1.93 bits per heavy atom. The van der Waals surface area contributed by atoms with E-state index in [0.717, 1.165) is 18.4 Å². The zero-order valence-electron chi connectivity index (χ0n) is 15.2. The number of rotatable bonds is 5. The number of nitrogens with two attached hydrogens (primary N) is 1. The second-order valence-corrected chi connectivity index (χ2v) is 6.36. The summed E-state index contributed by atoms with van der Waals surface area (Å²) in [5.41, 5.74) is 8.55. The summed E-state index contributed by atoms with van der Waals surface area (Å²) in [6.07, 6.45) is 2.67. The van der Waals surface area contributed by atoms with Crippen LogP contribution in [-0.2, 0) is 16.0 Å². The number of methoxy groups -OCH3 is 1. The molecule has 27 heavy (non-hydrogen) atoms. The lowest BCUT2D eigenvalue weighted by Crippen LogP contribution is -2.35. The van der Waals surface area contributed by atoms with E-state index >= 15 is 0 Å². The van der Waals surface area contributed by atoms with E-state index in [1.165, 1.54) is 0 Å². The summed E-state index contributed by atoms with van der Waals surface area (Å²) in [5.74, 6) is 0.576. The second kappa shape index (κ2) is 9.28. The minimum atomic E-state index is -0.129. The Morgan fingerprint density at radius 1 is 1.19 bits per heavy atom. The molecule has 1 saturated heterocycles. The first kappa shape index (κ1) is 20.6. The first-order valence-electron chi connectivity index (χ1n) is 8.69. The number of ether oxygens (including phenoxy) is 1. The Labute approximate surface area is 165 Å². The molecule has 0 unspecified atom stereocenters. The van der Waals surface area contributed by atoms with Crippen LogP contribution >= 0.6 is 12.4 Å². The average Bonchev–Trinajstić information content (AvgIpc) is 2.64. The van der Waals surface area contributed by atoms with E-state index in [1.54, 1.807) is 42.3 Å². The highest BCUT2D eigenvalue weighted by molar-refractivity contribution is 5.98. The third-order valence-corrected chi connectivity index (χ3v) is 4.42. The molecule has 1 aliphatic heterocycles. The van der Waals surface area contributed by atoms with Crippen molar-refractivity contribution in [3.63, 3.8) is 0 Å². The van der Waals surface area contributed by atoms with E-state index in [2.05, 4.69) is 5.32 Å². The fourth-order valence-electron chi connectivity index (χ4n) is 3.07. The van der Waals surface area contributed by atoms with Crippen molar-refractivity contribution >= 4 is 41.3 Å². The van der Waals surface area contributed by atoms with Crippen LogP contribution in [0.2, 0.25) is 0 Å². The first-order valence-corrected chi connectivity index (χ1v) is 8.69. The molecule has 0 spiro atoms. The average molecular weight is 390 g/mol. The highest BCUT2D eigenvalue weighted by atomic mass is 35.5. The van der Waals surface area contributed by atoms with Gasteiger partial charge in [0.2, 0.25) is 11.8 Å². The van der Waals surface area contributed by atoms with Gasteiger partial charge in [0.1, 0.15) is 5.75 Å². The topological polar surface area (TPSA) is 84.7 Å². The van der Waals surface area contributed by atoms with Gasteiger partial charge in [-0.15, -0.1) is 12.4 Å². The fraction of sp³-hybridized carbons (Fsp3) is 0.300. The Kier molecular flexibility index (Phi) is 7.07. The molecule has 2 aromatic carbocycles. The molecule has 0 radical (unpaired) electrons. The van der Waals surface area contributed by atoms with Gasteiger partial charge in [0.05, 0.1) is 19.2 Å². The SMILES string of the molecule is COc1ccc(NC(=O)Cc2ccc(N)cc2)cc1N1CCCCC1=O.Cl. The number of hydrogen-bond donors (Lipinski definition) is 2. The second-order valence-electron chi connectivity index (χ2n) is 6.36. The van der Waals surface area contributed by atoms with Gasteiger partial charge < -0.3 is 20.7 Å². The predicted octanol–water partition coefficient (Wildman–Crippen LogP) is 3.40. The van der Waals surface area contributed by atoms with E-state index in [9.17, 15) is 9.59 Å². The number of nitrogens with zero attached hydrogens (tertiary/aromatic N) is 1. The van der Waals surface area contributed by atoms with Gasteiger partial charge >= 0.3 is 0 Å².